The molecule has 0 saturated carbocycles. The number of anilines is 1. The summed E-state index contributed by atoms with van der Waals surface area (Å²) in [5, 5.41) is 2.84. The Morgan fingerprint density at radius 2 is 1.61 bits per heavy atom. The summed E-state index contributed by atoms with van der Waals surface area (Å²) in [6.45, 7) is 0. The number of hydrogen-bond donors (Lipinski definition) is 0. The molecule has 3 aromatic rings. The fourth-order valence-corrected chi connectivity index (χ4v) is 9.43. The Morgan fingerprint density at radius 1 is 0.682 bits per heavy atom. The largest absolute Gasteiger partial charge is 0.337 e. The van der Waals surface area contributed by atoms with Gasteiger partial charge in [-0.1, -0.05) is 96.2 Å². The highest BCUT2D eigenvalue weighted by Crippen LogP contribution is 2.51. The maximum absolute atomic E-state index is 2.74. The molecule has 0 spiro atoms. The van der Waals surface area contributed by atoms with Gasteiger partial charge in [0.25, 0.3) is 0 Å². The lowest BCUT2D eigenvalue weighted by Crippen LogP contribution is -2.33. The third kappa shape index (κ3) is 4.36. The summed E-state index contributed by atoms with van der Waals surface area (Å²) in [4.78, 5) is 2.74. The zero-order valence-electron chi connectivity index (χ0n) is 25.9. The molecule has 6 aliphatic rings. The second-order valence-corrected chi connectivity index (χ2v) is 14.0. The number of hydrogen-bond acceptors (Lipinski definition) is 1. The number of allylic oxidation sites excluding steroid dienone is 12. The van der Waals surface area contributed by atoms with Gasteiger partial charge in [-0.25, -0.2) is 0 Å². The highest BCUT2D eigenvalue weighted by molar-refractivity contribution is 6.10. The Kier molecular flexibility index (Phi) is 6.64. The van der Waals surface area contributed by atoms with Crippen molar-refractivity contribution in [3.05, 3.63) is 126 Å². The molecule has 0 bridgehead atoms. The molecule has 0 amide bonds. The zero-order chi connectivity index (χ0) is 29.0. The van der Waals surface area contributed by atoms with Gasteiger partial charge in [-0.05, 0) is 100 Å². The molecule has 5 aliphatic carbocycles. The van der Waals surface area contributed by atoms with E-state index in [1.54, 1.807) is 16.8 Å². The monoisotopic (exact) mass is 576 g/mol. The smallest absolute Gasteiger partial charge is 0.0626 e. The topological polar surface area (TPSA) is 8.17 Å². The second kappa shape index (κ2) is 11.0. The Bertz CT molecular complexity index is 1830. The van der Waals surface area contributed by atoms with Gasteiger partial charge in [0.1, 0.15) is 0 Å². The van der Waals surface area contributed by atoms with Crippen molar-refractivity contribution in [1.29, 1.82) is 0 Å². The first-order valence-electron chi connectivity index (χ1n) is 17.4. The molecule has 222 valence electrons. The predicted molar refractivity (Wildman–Crippen MR) is 186 cm³/mol. The lowest BCUT2D eigenvalue weighted by molar-refractivity contribution is 0.460. The fourth-order valence-electron chi connectivity index (χ4n) is 9.43. The molecule has 0 N–H and O–H groups in total. The molecule has 2 heterocycles. The van der Waals surface area contributed by atoms with Crippen LogP contribution in [0, 0.1) is 11.8 Å². The van der Waals surface area contributed by atoms with Crippen LogP contribution in [-0.2, 0) is 0 Å². The van der Waals surface area contributed by atoms with E-state index in [1.165, 1.54) is 90.8 Å². The summed E-state index contributed by atoms with van der Waals surface area (Å²) in [7, 11) is 0. The molecule has 1 aromatic heterocycles. The number of rotatable bonds is 4. The number of para-hydroxylation sites is 1. The lowest BCUT2D eigenvalue weighted by atomic mass is 9.81. The molecule has 0 fully saturated rings. The van der Waals surface area contributed by atoms with Crippen molar-refractivity contribution in [2.24, 2.45) is 11.8 Å². The Morgan fingerprint density at radius 3 is 2.43 bits per heavy atom. The number of benzene rings is 2. The predicted octanol–water partition coefficient (Wildman–Crippen LogP) is 11.2. The minimum absolute atomic E-state index is 0.385. The summed E-state index contributed by atoms with van der Waals surface area (Å²) in [6.07, 6.45) is 40.1. The van der Waals surface area contributed by atoms with Crippen LogP contribution in [0.15, 0.2) is 120 Å². The van der Waals surface area contributed by atoms with Gasteiger partial charge in [0.2, 0.25) is 0 Å². The van der Waals surface area contributed by atoms with Crippen molar-refractivity contribution in [2.45, 2.75) is 88.6 Å². The van der Waals surface area contributed by atoms with Gasteiger partial charge in [0.15, 0.2) is 0 Å². The van der Waals surface area contributed by atoms with Crippen molar-refractivity contribution < 1.29 is 0 Å². The first-order chi connectivity index (χ1) is 21.8. The highest BCUT2D eigenvalue weighted by Gasteiger charge is 2.40. The van der Waals surface area contributed by atoms with Gasteiger partial charge in [-0.15, -0.1) is 0 Å². The zero-order valence-corrected chi connectivity index (χ0v) is 25.9. The van der Waals surface area contributed by atoms with Crippen LogP contribution in [0.4, 0.5) is 5.69 Å². The first-order valence-corrected chi connectivity index (χ1v) is 17.4. The van der Waals surface area contributed by atoms with Gasteiger partial charge in [-0.2, -0.15) is 0 Å². The summed E-state index contributed by atoms with van der Waals surface area (Å²) < 4.78 is 2.72. The lowest BCUT2D eigenvalue weighted by Gasteiger charge is -2.35. The summed E-state index contributed by atoms with van der Waals surface area (Å²) in [5.74, 6) is 1.77. The maximum atomic E-state index is 2.74. The van der Waals surface area contributed by atoms with Crippen molar-refractivity contribution in [1.82, 2.24) is 4.57 Å². The van der Waals surface area contributed by atoms with E-state index in [0.717, 1.165) is 18.8 Å². The van der Waals surface area contributed by atoms with Gasteiger partial charge < -0.3 is 9.47 Å². The average Bonchev–Trinajstić information content (AvgIpc) is 3.60. The molecular weight excluding hydrogens is 532 g/mol. The van der Waals surface area contributed by atoms with Crippen LogP contribution in [0.25, 0.3) is 21.8 Å². The minimum atomic E-state index is 0.385. The molecule has 0 radical (unpaired) electrons. The van der Waals surface area contributed by atoms with Gasteiger partial charge in [0.05, 0.1) is 11.6 Å². The molecular formula is C42H44N2. The Hall–Kier alpha value is -3.78. The molecule has 2 heteroatoms. The van der Waals surface area contributed by atoms with Crippen LogP contribution in [0.2, 0.25) is 0 Å². The summed E-state index contributed by atoms with van der Waals surface area (Å²) in [5.41, 5.74) is 10.7. The third-order valence-corrected chi connectivity index (χ3v) is 11.7. The second-order valence-electron chi connectivity index (χ2n) is 14.0. The maximum Gasteiger partial charge on any atom is 0.0626 e. The molecule has 44 heavy (non-hydrogen) atoms. The van der Waals surface area contributed by atoms with E-state index in [-0.39, 0.29) is 0 Å². The highest BCUT2D eigenvalue weighted by atomic mass is 15.2. The van der Waals surface area contributed by atoms with Gasteiger partial charge in [0, 0.05) is 45.6 Å². The van der Waals surface area contributed by atoms with Crippen LogP contribution in [-0.4, -0.2) is 10.6 Å². The minimum Gasteiger partial charge on any atom is -0.337 e. The van der Waals surface area contributed by atoms with Gasteiger partial charge >= 0.3 is 0 Å². The van der Waals surface area contributed by atoms with E-state index in [2.05, 4.69) is 113 Å². The Balaban J connectivity index is 1.12. The molecule has 2 aromatic carbocycles. The van der Waals surface area contributed by atoms with Gasteiger partial charge in [-0.3, -0.25) is 0 Å². The van der Waals surface area contributed by atoms with Crippen LogP contribution in [0.1, 0.15) is 88.2 Å². The van der Waals surface area contributed by atoms with E-state index in [1.807, 2.05) is 0 Å². The molecule has 0 saturated heterocycles. The van der Waals surface area contributed by atoms with Crippen LogP contribution >= 0.6 is 0 Å². The number of aromatic nitrogens is 1. The number of nitrogens with zero attached hydrogens (tertiary/aromatic N) is 2. The van der Waals surface area contributed by atoms with E-state index in [4.69, 9.17) is 0 Å². The fraction of sp³-hybridized carbons (Fsp3) is 0.381. The third-order valence-electron chi connectivity index (χ3n) is 11.7. The standard InChI is InChI=1S/C42H44N2/c1-3-11-29(12-4-1)31-19-23-33(24-20-31)43-39-17-9-7-15-35(39)37-27-38-36-16-8-10-18-40(36)44(42(38)28-41(37)43)34-25-21-32(22-26-34)30-13-5-2-6-14-30/h1,3-4,7-11,13,15-19,25,27-29,32-33,36,40H,2,5-6,12,14,20-24,26H2. The molecule has 1 aliphatic heterocycles. The van der Waals surface area contributed by atoms with Crippen molar-refractivity contribution in [2.75, 3.05) is 4.90 Å². The molecule has 9 rings (SSSR count). The molecule has 2 nitrogen and oxygen atoms in total. The average molecular weight is 577 g/mol. The van der Waals surface area contributed by atoms with Crippen molar-refractivity contribution in [3.8, 4) is 0 Å². The van der Waals surface area contributed by atoms with E-state index >= 15 is 0 Å². The van der Waals surface area contributed by atoms with E-state index in [9.17, 15) is 0 Å². The van der Waals surface area contributed by atoms with Crippen molar-refractivity contribution in [3.63, 3.8) is 0 Å². The summed E-state index contributed by atoms with van der Waals surface area (Å²) in [6, 6.07) is 15.2. The van der Waals surface area contributed by atoms with Crippen molar-refractivity contribution >= 4 is 27.5 Å². The quantitative estimate of drug-likeness (QED) is 0.280. The normalized spacial score (nSPS) is 29.5. The van der Waals surface area contributed by atoms with Crippen LogP contribution in [0.3, 0.4) is 0 Å². The van der Waals surface area contributed by atoms with Crippen LogP contribution < -0.4 is 4.90 Å². The summed E-state index contributed by atoms with van der Waals surface area (Å²) >= 11 is 0. The SMILES string of the molecule is C1=CCC(C2=CCC(n3c4ccccc4c4cc5c(cc43)N(C3=CCC(C4=CCCCC4)CC3)C3C=CC=CC53)CC2)C=C1. The molecule has 5 unspecified atom stereocenters. The van der Waals surface area contributed by atoms with Crippen LogP contribution in [0.5, 0.6) is 0 Å². The number of fused-ring (bicyclic) bond motifs is 6. The van der Waals surface area contributed by atoms with E-state index < -0.39 is 0 Å². The first kappa shape index (κ1) is 26.6. The van der Waals surface area contributed by atoms with E-state index in [0.29, 0.717) is 23.9 Å². The Labute approximate surface area is 262 Å². The molecule has 5 atom stereocenters.